The van der Waals surface area contributed by atoms with Crippen molar-refractivity contribution >= 4 is 11.9 Å². The molecule has 0 amide bonds. The van der Waals surface area contributed by atoms with Crippen LogP contribution in [0.5, 0.6) is 0 Å². The number of ether oxygens (including phenoxy) is 2. The average molecular weight is 225 g/mol. The van der Waals surface area contributed by atoms with E-state index < -0.39 is 6.04 Å². The first-order chi connectivity index (χ1) is 7.69. The summed E-state index contributed by atoms with van der Waals surface area (Å²) in [6, 6.07) is 3.15. The third-order valence-corrected chi connectivity index (χ3v) is 2.31. The van der Waals surface area contributed by atoms with E-state index in [1.165, 1.54) is 14.2 Å². The molecule has 0 aliphatic rings. The molecule has 1 aromatic rings. The quantitative estimate of drug-likeness (QED) is 0.705. The Morgan fingerprint density at radius 3 is 2.31 bits per heavy atom. The van der Waals surface area contributed by atoms with Crippen LogP contribution in [-0.2, 0) is 19.1 Å². The molecule has 0 fully saturated rings. The van der Waals surface area contributed by atoms with Gasteiger partial charge >= 0.3 is 11.9 Å². The van der Waals surface area contributed by atoms with E-state index in [9.17, 15) is 9.59 Å². The van der Waals surface area contributed by atoms with Crippen molar-refractivity contribution in [3.8, 4) is 0 Å². The molecule has 0 saturated carbocycles. The van der Waals surface area contributed by atoms with Crippen molar-refractivity contribution in [1.82, 2.24) is 4.57 Å². The van der Waals surface area contributed by atoms with Crippen LogP contribution >= 0.6 is 0 Å². The highest BCUT2D eigenvalue weighted by atomic mass is 16.5. The van der Waals surface area contributed by atoms with Crippen LogP contribution in [0.25, 0.3) is 0 Å². The smallest absolute Gasteiger partial charge is 0.328 e. The first-order valence-electron chi connectivity index (χ1n) is 4.96. The Hall–Kier alpha value is -1.78. The highest BCUT2D eigenvalue weighted by Gasteiger charge is 2.21. The van der Waals surface area contributed by atoms with Gasteiger partial charge in [0, 0.05) is 18.8 Å². The van der Waals surface area contributed by atoms with E-state index in [0.717, 1.165) is 0 Å². The SMILES string of the molecule is COC(=O)CC[C@H](C(=O)OC)n1cccc1. The number of carbonyl (C=O) groups excluding carboxylic acids is 2. The van der Waals surface area contributed by atoms with Crippen LogP contribution in [0, 0.1) is 0 Å². The molecule has 5 heteroatoms. The summed E-state index contributed by atoms with van der Waals surface area (Å²) in [5, 5.41) is 0. The van der Waals surface area contributed by atoms with E-state index in [1.807, 2.05) is 12.1 Å². The summed E-state index contributed by atoms with van der Waals surface area (Å²) in [4.78, 5) is 22.5. The van der Waals surface area contributed by atoms with Gasteiger partial charge in [0.25, 0.3) is 0 Å². The van der Waals surface area contributed by atoms with Crippen molar-refractivity contribution < 1.29 is 19.1 Å². The molecule has 0 N–H and O–H groups in total. The topological polar surface area (TPSA) is 57.5 Å². The molecule has 88 valence electrons. The third-order valence-electron chi connectivity index (χ3n) is 2.31. The van der Waals surface area contributed by atoms with Crippen molar-refractivity contribution in [2.45, 2.75) is 18.9 Å². The Bertz CT molecular complexity index is 345. The predicted molar refractivity (Wildman–Crippen MR) is 56.7 cm³/mol. The Kier molecular flexibility index (Phi) is 4.57. The number of carbonyl (C=O) groups is 2. The maximum atomic E-state index is 11.5. The van der Waals surface area contributed by atoms with Gasteiger partial charge in [-0.2, -0.15) is 0 Å². The standard InChI is InChI=1S/C11H15NO4/c1-15-10(13)6-5-9(11(14)16-2)12-7-3-4-8-12/h3-4,7-9H,5-6H2,1-2H3/t9-/m1/s1. The van der Waals surface area contributed by atoms with Crippen LogP contribution in [0.1, 0.15) is 18.9 Å². The fourth-order valence-electron chi connectivity index (χ4n) is 1.44. The van der Waals surface area contributed by atoms with E-state index in [-0.39, 0.29) is 18.4 Å². The zero-order valence-electron chi connectivity index (χ0n) is 9.38. The lowest BCUT2D eigenvalue weighted by Gasteiger charge is -2.15. The minimum atomic E-state index is -0.473. The normalized spacial score (nSPS) is 11.9. The summed E-state index contributed by atoms with van der Waals surface area (Å²) in [6.45, 7) is 0. The minimum absolute atomic E-state index is 0.189. The Labute approximate surface area is 94.0 Å². The summed E-state index contributed by atoms with van der Waals surface area (Å²) < 4.78 is 10.9. The highest BCUT2D eigenvalue weighted by molar-refractivity contribution is 5.75. The van der Waals surface area contributed by atoms with E-state index in [0.29, 0.717) is 6.42 Å². The molecule has 1 atom stereocenters. The second-order valence-corrected chi connectivity index (χ2v) is 3.28. The molecule has 1 aromatic heterocycles. The van der Waals surface area contributed by atoms with Crippen LogP contribution in [0.2, 0.25) is 0 Å². The second-order valence-electron chi connectivity index (χ2n) is 3.28. The molecule has 0 spiro atoms. The first-order valence-corrected chi connectivity index (χ1v) is 4.96. The van der Waals surface area contributed by atoms with Crippen molar-refractivity contribution in [2.24, 2.45) is 0 Å². The molecule has 0 aromatic carbocycles. The average Bonchev–Trinajstić information content (AvgIpc) is 2.82. The molecule has 1 heterocycles. The molecule has 16 heavy (non-hydrogen) atoms. The van der Waals surface area contributed by atoms with Crippen LogP contribution in [-0.4, -0.2) is 30.7 Å². The number of nitrogens with zero attached hydrogens (tertiary/aromatic N) is 1. The molecule has 1 rings (SSSR count). The third kappa shape index (κ3) is 3.12. The number of methoxy groups -OCH3 is 2. The van der Waals surface area contributed by atoms with Gasteiger partial charge in [-0.05, 0) is 18.6 Å². The van der Waals surface area contributed by atoms with Crippen LogP contribution in [0.4, 0.5) is 0 Å². The fourth-order valence-corrected chi connectivity index (χ4v) is 1.44. The van der Waals surface area contributed by atoms with Crippen LogP contribution < -0.4 is 0 Å². The number of hydrogen-bond donors (Lipinski definition) is 0. The van der Waals surface area contributed by atoms with Crippen LogP contribution in [0.3, 0.4) is 0 Å². The van der Waals surface area contributed by atoms with E-state index in [1.54, 1.807) is 17.0 Å². The molecule has 0 bridgehead atoms. The van der Waals surface area contributed by atoms with Crippen molar-refractivity contribution in [3.05, 3.63) is 24.5 Å². The van der Waals surface area contributed by atoms with Gasteiger partial charge in [-0.25, -0.2) is 4.79 Å². The molecular formula is C11H15NO4. The lowest BCUT2D eigenvalue weighted by atomic mass is 10.1. The summed E-state index contributed by atoms with van der Waals surface area (Å²) in [6.07, 6.45) is 4.08. The van der Waals surface area contributed by atoms with E-state index in [2.05, 4.69) is 4.74 Å². The van der Waals surface area contributed by atoms with Gasteiger partial charge in [0.15, 0.2) is 0 Å². The second kappa shape index (κ2) is 5.95. The molecule has 0 aliphatic heterocycles. The monoisotopic (exact) mass is 225 g/mol. The van der Waals surface area contributed by atoms with Gasteiger partial charge in [0.1, 0.15) is 6.04 Å². The largest absolute Gasteiger partial charge is 0.469 e. The van der Waals surface area contributed by atoms with Gasteiger partial charge in [0.05, 0.1) is 14.2 Å². The summed E-state index contributed by atoms with van der Waals surface area (Å²) in [7, 11) is 2.65. The molecule has 5 nitrogen and oxygen atoms in total. The van der Waals surface area contributed by atoms with E-state index >= 15 is 0 Å². The van der Waals surface area contributed by atoms with E-state index in [4.69, 9.17) is 4.74 Å². The lowest BCUT2D eigenvalue weighted by molar-refractivity contribution is -0.145. The zero-order chi connectivity index (χ0) is 12.0. The van der Waals surface area contributed by atoms with Gasteiger partial charge < -0.3 is 14.0 Å². The van der Waals surface area contributed by atoms with Crippen molar-refractivity contribution in [2.75, 3.05) is 14.2 Å². The first kappa shape index (κ1) is 12.3. The fraction of sp³-hybridized carbons (Fsp3) is 0.455. The maximum Gasteiger partial charge on any atom is 0.328 e. The highest BCUT2D eigenvalue weighted by Crippen LogP contribution is 2.16. The Balaban J connectivity index is 2.66. The molecule has 0 aliphatic carbocycles. The molecule has 0 saturated heterocycles. The summed E-state index contributed by atoms with van der Waals surface area (Å²) >= 11 is 0. The number of rotatable bonds is 5. The summed E-state index contributed by atoms with van der Waals surface area (Å²) in [5.74, 6) is -0.693. The van der Waals surface area contributed by atoms with Gasteiger partial charge in [-0.15, -0.1) is 0 Å². The number of hydrogen-bond acceptors (Lipinski definition) is 4. The molecule has 0 radical (unpaired) electrons. The Morgan fingerprint density at radius 1 is 1.19 bits per heavy atom. The molecular weight excluding hydrogens is 210 g/mol. The van der Waals surface area contributed by atoms with Crippen molar-refractivity contribution in [1.29, 1.82) is 0 Å². The Morgan fingerprint density at radius 2 is 1.81 bits per heavy atom. The van der Waals surface area contributed by atoms with Gasteiger partial charge in [-0.1, -0.05) is 0 Å². The van der Waals surface area contributed by atoms with Crippen molar-refractivity contribution in [3.63, 3.8) is 0 Å². The maximum absolute atomic E-state index is 11.5. The predicted octanol–water partition coefficient (Wildman–Crippen LogP) is 1.16. The number of esters is 2. The summed E-state index contributed by atoms with van der Waals surface area (Å²) in [5.41, 5.74) is 0. The lowest BCUT2D eigenvalue weighted by Crippen LogP contribution is -2.21. The zero-order valence-corrected chi connectivity index (χ0v) is 9.38. The van der Waals surface area contributed by atoms with Crippen LogP contribution in [0.15, 0.2) is 24.5 Å². The minimum Gasteiger partial charge on any atom is -0.469 e. The van der Waals surface area contributed by atoms with Gasteiger partial charge in [0.2, 0.25) is 0 Å². The van der Waals surface area contributed by atoms with Gasteiger partial charge in [-0.3, -0.25) is 4.79 Å². The number of aromatic nitrogens is 1. The molecule has 0 unspecified atom stereocenters.